The van der Waals surface area contributed by atoms with E-state index in [1.807, 2.05) is 51.1 Å². The van der Waals surface area contributed by atoms with Crippen molar-refractivity contribution in [3.63, 3.8) is 0 Å². The molecule has 0 bridgehead atoms. The zero-order valence-electron chi connectivity index (χ0n) is 16.7. The van der Waals surface area contributed by atoms with Crippen LogP contribution in [0.2, 0.25) is 0 Å². The number of hydrogen-bond acceptors (Lipinski definition) is 5. The van der Waals surface area contributed by atoms with Crippen molar-refractivity contribution in [1.82, 2.24) is 10.6 Å². The van der Waals surface area contributed by atoms with E-state index in [9.17, 15) is 14.4 Å². The second kappa shape index (κ2) is 8.73. The Morgan fingerprint density at radius 1 is 1.24 bits per heavy atom. The molecule has 0 aromatic heterocycles. The van der Waals surface area contributed by atoms with Gasteiger partial charge in [-0.05, 0) is 63.5 Å². The molecular formula is C21H25N3O4S. The van der Waals surface area contributed by atoms with Gasteiger partial charge in [-0.2, -0.15) is 0 Å². The number of benzene rings is 1. The fourth-order valence-electron chi connectivity index (χ4n) is 3.66. The number of ether oxygens (including phenoxy) is 1. The van der Waals surface area contributed by atoms with Crippen LogP contribution >= 0.6 is 12.2 Å². The molecule has 0 saturated carbocycles. The highest BCUT2D eigenvalue weighted by atomic mass is 32.1. The van der Waals surface area contributed by atoms with E-state index in [1.165, 1.54) is 0 Å². The highest BCUT2D eigenvalue weighted by molar-refractivity contribution is 7.80. The summed E-state index contributed by atoms with van der Waals surface area (Å²) in [7, 11) is 0. The van der Waals surface area contributed by atoms with Gasteiger partial charge in [0.2, 0.25) is 5.91 Å². The second-order valence-electron chi connectivity index (χ2n) is 7.47. The molecule has 2 N–H and O–H groups in total. The number of anilines is 1. The molecule has 3 atom stereocenters. The van der Waals surface area contributed by atoms with E-state index in [1.54, 1.807) is 4.90 Å². The van der Waals surface area contributed by atoms with Gasteiger partial charge in [0.05, 0.1) is 18.1 Å². The van der Waals surface area contributed by atoms with Gasteiger partial charge in [-0.15, -0.1) is 0 Å². The second-order valence-corrected chi connectivity index (χ2v) is 7.87. The first-order valence-corrected chi connectivity index (χ1v) is 10.1. The molecule has 1 aromatic carbocycles. The average molecular weight is 416 g/mol. The normalized spacial score (nSPS) is 24.0. The first-order valence-electron chi connectivity index (χ1n) is 9.68. The van der Waals surface area contributed by atoms with Crippen LogP contribution in [0.4, 0.5) is 5.69 Å². The Labute approximate surface area is 175 Å². The predicted molar refractivity (Wildman–Crippen MR) is 113 cm³/mol. The standard InChI is InChI=1S/C21H25N3O4S/c1-12-11-15(20(27)28-12)9-10-17(25)22-21(29)23-18-13(2)14(3)24(19(18)26)16-7-5-4-6-8-16/h4-8,12,14-15H,9-11H2,1-3H3,(H2,22,23,25,29)/t12-,14+,15-/m1/s1. The van der Waals surface area contributed by atoms with Crippen LogP contribution in [0.5, 0.6) is 0 Å². The lowest BCUT2D eigenvalue weighted by atomic mass is 9.99. The maximum Gasteiger partial charge on any atom is 0.309 e. The number of esters is 1. The highest BCUT2D eigenvalue weighted by Crippen LogP contribution is 2.29. The number of para-hydroxylation sites is 1. The van der Waals surface area contributed by atoms with Crippen molar-refractivity contribution in [2.45, 2.75) is 52.2 Å². The fraction of sp³-hybridized carbons (Fsp3) is 0.429. The Kier molecular flexibility index (Phi) is 6.32. The summed E-state index contributed by atoms with van der Waals surface area (Å²) in [6, 6.07) is 9.27. The Balaban J connectivity index is 1.55. The summed E-state index contributed by atoms with van der Waals surface area (Å²) in [5, 5.41) is 5.54. The van der Waals surface area contributed by atoms with Crippen LogP contribution in [0.25, 0.3) is 0 Å². The fourth-order valence-corrected chi connectivity index (χ4v) is 3.88. The van der Waals surface area contributed by atoms with Gasteiger partial charge in [0.1, 0.15) is 5.70 Å². The summed E-state index contributed by atoms with van der Waals surface area (Å²) >= 11 is 5.22. The van der Waals surface area contributed by atoms with E-state index in [2.05, 4.69) is 10.6 Å². The average Bonchev–Trinajstić information content (AvgIpc) is 3.11. The summed E-state index contributed by atoms with van der Waals surface area (Å²) in [4.78, 5) is 38.4. The van der Waals surface area contributed by atoms with Gasteiger partial charge in [0.15, 0.2) is 5.11 Å². The SMILES string of the molecule is CC1=C(NC(=S)NC(=O)CC[C@@H]2C[C@@H](C)OC2=O)C(=O)N(c2ccccc2)[C@H]1C. The van der Waals surface area contributed by atoms with Crippen molar-refractivity contribution in [3.05, 3.63) is 41.6 Å². The minimum absolute atomic E-state index is 0.0715. The lowest BCUT2D eigenvalue weighted by molar-refractivity contribution is -0.144. The van der Waals surface area contributed by atoms with E-state index in [0.29, 0.717) is 18.5 Å². The van der Waals surface area contributed by atoms with Gasteiger partial charge in [-0.25, -0.2) is 0 Å². The van der Waals surface area contributed by atoms with Crippen molar-refractivity contribution in [2.24, 2.45) is 5.92 Å². The van der Waals surface area contributed by atoms with Gasteiger partial charge in [0, 0.05) is 12.1 Å². The van der Waals surface area contributed by atoms with Crippen LogP contribution < -0.4 is 15.5 Å². The first kappa shape index (κ1) is 21.0. The number of amides is 2. The maximum atomic E-state index is 12.9. The van der Waals surface area contributed by atoms with Crippen molar-refractivity contribution in [2.75, 3.05) is 4.90 Å². The molecule has 7 nitrogen and oxygen atoms in total. The topological polar surface area (TPSA) is 87.7 Å². The summed E-state index contributed by atoms with van der Waals surface area (Å²) in [6.45, 7) is 5.65. The number of nitrogens with zero attached hydrogens (tertiary/aromatic N) is 1. The molecule has 0 unspecified atom stereocenters. The third kappa shape index (κ3) is 4.64. The quantitative estimate of drug-likeness (QED) is 0.567. The largest absolute Gasteiger partial charge is 0.462 e. The van der Waals surface area contributed by atoms with Crippen LogP contribution in [0.15, 0.2) is 41.6 Å². The van der Waals surface area contributed by atoms with E-state index >= 15 is 0 Å². The molecule has 8 heteroatoms. The van der Waals surface area contributed by atoms with Crippen LogP contribution in [-0.2, 0) is 19.1 Å². The van der Waals surface area contributed by atoms with E-state index in [-0.39, 0.29) is 47.4 Å². The smallest absolute Gasteiger partial charge is 0.309 e. The minimum atomic E-state index is -0.300. The van der Waals surface area contributed by atoms with Crippen molar-refractivity contribution >= 4 is 40.8 Å². The zero-order chi connectivity index (χ0) is 21.1. The highest BCUT2D eigenvalue weighted by Gasteiger charge is 2.36. The summed E-state index contributed by atoms with van der Waals surface area (Å²) in [5.41, 5.74) is 2.02. The number of carbonyl (C=O) groups is 3. The molecule has 2 aliphatic heterocycles. The van der Waals surface area contributed by atoms with Crippen molar-refractivity contribution < 1.29 is 19.1 Å². The molecule has 1 saturated heterocycles. The molecule has 3 rings (SSSR count). The molecule has 0 radical (unpaired) electrons. The Hall–Kier alpha value is -2.74. The van der Waals surface area contributed by atoms with Crippen LogP contribution in [0, 0.1) is 5.92 Å². The van der Waals surface area contributed by atoms with Gasteiger partial charge >= 0.3 is 5.97 Å². The van der Waals surface area contributed by atoms with E-state index < -0.39 is 0 Å². The number of rotatable bonds is 5. The molecule has 2 amide bonds. The maximum absolute atomic E-state index is 12.9. The Morgan fingerprint density at radius 2 is 1.93 bits per heavy atom. The molecular weight excluding hydrogens is 390 g/mol. The number of hydrogen-bond donors (Lipinski definition) is 2. The first-order chi connectivity index (χ1) is 13.8. The van der Waals surface area contributed by atoms with Crippen LogP contribution in [0.3, 0.4) is 0 Å². The number of cyclic esters (lactones) is 1. The molecule has 2 aliphatic rings. The number of carbonyl (C=O) groups excluding carboxylic acids is 3. The molecule has 0 spiro atoms. The summed E-state index contributed by atoms with van der Waals surface area (Å²) in [6.07, 6.45) is 1.10. The predicted octanol–water partition coefficient (Wildman–Crippen LogP) is 2.42. The molecule has 0 aliphatic carbocycles. The monoisotopic (exact) mass is 415 g/mol. The van der Waals surface area contributed by atoms with E-state index in [0.717, 1.165) is 11.3 Å². The molecule has 154 valence electrons. The van der Waals surface area contributed by atoms with Crippen LogP contribution in [0.1, 0.15) is 40.0 Å². The molecule has 1 aromatic rings. The van der Waals surface area contributed by atoms with Crippen molar-refractivity contribution in [1.29, 1.82) is 0 Å². The molecule has 2 heterocycles. The Bertz CT molecular complexity index is 868. The lowest BCUT2D eigenvalue weighted by Crippen LogP contribution is -2.42. The van der Waals surface area contributed by atoms with Gasteiger partial charge in [-0.1, -0.05) is 18.2 Å². The van der Waals surface area contributed by atoms with Crippen LogP contribution in [-0.4, -0.2) is 35.0 Å². The van der Waals surface area contributed by atoms with Gasteiger partial charge in [-0.3, -0.25) is 14.4 Å². The number of thiocarbonyl (C=S) groups is 1. The zero-order valence-corrected chi connectivity index (χ0v) is 17.5. The Morgan fingerprint density at radius 3 is 2.55 bits per heavy atom. The molecule has 29 heavy (non-hydrogen) atoms. The summed E-state index contributed by atoms with van der Waals surface area (Å²) < 4.78 is 5.10. The van der Waals surface area contributed by atoms with E-state index in [4.69, 9.17) is 17.0 Å². The number of nitrogens with one attached hydrogen (secondary N) is 2. The molecule has 1 fully saturated rings. The van der Waals surface area contributed by atoms with Gasteiger partial charge in [0.25, 0.3) is 5.91 Å². The summed E-state index contributed by atoms with van der Waals surface area (Å²) in [5.74, 6) is -0.996. The third-order valence-electron chi connectivity index (χ3n) is 5.35. The van der Waals surface area contributed by atoms with Gasteiger partial charge < -0.3 is 20.3 Å². The minimum Gasteiger partial charge on any atom is -0.462 e. The van der Waals surface area contributed by atoms with Crippen molar-refractivity contribution in [3.8, 4) is 0 Å². The third-order valence-corrected chi connectivity index (χ3v) is 5.56. The lowest BCUT2D eigenvalue weighted by Gasteiger charge is -2.23.